The summed E-state index contributed by atoms with van der Waals surface area (Å²) in [6, 6.07) is 0. The monoisotopic (exact) mass is 308 g/mol. The van der Waals surface area contributed by atoms with Gasteiger partial charge in [0, 0.05) is 11.8 Å². The highest BCUT2D eigenvalue weighted by molar-refractivity contribution is 5.84. The highest BCUT2D eigenvalue weighted by Gasteiger charge is 2.49. The van der Waals surface area contributed by atoms with Crippen molar-refractivity contribution in [2.75, 3.05) is 0 Å². The van der Waals surface area contributed by atoms with Crippen LogP contribution in [0.25, 0.3) is 0 Å². The molecule has 0 aromatic carbocycles. The van der Waals surface area contributed by atoms with Crippen molar-refractivity contribution in [1.29, 1.82) is 0 Å². The minimum Gasteiger partial charge on any atom is -0.390 e. The highest BCUT2D eigenvalue weighted by atomic mass is 19.1. The lowest BCUT2D eigenvalue weighted by Gasteiger charge is -2.40. The second-order valence-corrected chi connectivity index (χ2v) is 6.03. The first-order valence-electron chi connectivity index (χ1n) is 7.00. The zero-order chi connectivity index (χ0) is 15.9. The number of aliphatic hydroxyl groups is 6. The molecule has 7 nitrogen and oxygen atoms in total. The molecule has 0 spiro atoms. The Morgan fingerprint density at radius 1 is 0.762 bits per heavy atom. The van der Waals surface area contributed by atoms with Gasteiger partial charge in [0.2, 0.25) is 0 Å². The SMILES string of the molecule is O=C(C1CC(O)C(O)C(O)C1)C1CC(O)C(O)C(F)C1O. The van der Waals surface area contributed by atoms with Crippen LogP contribution in [-0.2, 0) is 4.79 Å². The fourth-order valence-corrected chi connectivity index (χ4v) is 3.21. The summed E-state index contributed by atoms with van der Waals surface area (Å²) in [4.78, 5) is 12.3. The summed E-state index contributed by atoms with van der Waals surface area (Å²) in [5.74, 6) is -2.63. The van der Waals surface area contributed by atoms with Crippen molar-refractivity contribution in [3.63, 3.8) is 0 Å². The Morgan fingerprint density at radius 2 is 1.24 bits per heavy atom. The molecule has 0 aromatic heterocycles. The first-order valence-corrected chi connectivity index (χ1v) is 7.00. The third-order valence-corrected chi connectivity index (χ3v) is 4.56. The first-order chi connectivity index (χ1) is 9.73. The predicted molar refractivity (Wildman–Crippen MR) is 66.8 cm³/mol. The summed E-state index contributed by atoms with van der Waals surface area (Å²) in [6.45, 7) is 0. The van der Waals surface area contributed by atoms with Crippen molar-refractivity contribution in [1.82, 2.24) is 0 Å². The minimum absolute atomic E-state index is 0.101. The fraction of sp³-hybridized carbons (Fsp3) is 0.923. The average Bonchev–Trinajstić information content (AvgIpc) is 2.45. The molecule has 0 heterocycles. The van der Waals surface area contributed by atoms with E-state index in [0.717, 1.165) is 0 Å². The molecule has 0 radical (unpaired) electrons. The largest absolute Gasteiger partial charge is 0.390 e. The van der Waals surface area contributed by atoms with Crippen LogP contribution in [0, 0.1) is 11.8 Å². The van der Waals surface area contributed by atoms with Crippen molar-refractivity contribution in [3.8, 4) is 0 Å². The molecule has 2 saturated carbocycles. The molecule has 0 aromatic rings. The second kappa shape index (κ2) is 6.23. The number of carbonyl (C=O) groups is 1. The van der Waals surface area contributed by atoms with Crippen LogP contribution >= 0.6 is 0 Å². The van der Waals surface area contributed by atoms with Gasteiger partial charge in [-0.25, -0.2) is 4.39 Å². The van der Waals surface area contributed by atoms with Crippen LogP contribution in [0.3, 0.4) is 0 Å². The number of aliphatic hydroxyl groups excluding tert-OH is 6. The summed E-state index contributed by atoms with van der Waals surface area (Å²) >= 11 is 0. The third kappa shape index (κ3) is 3.10. The molecule has 8 heteroatoms. The molecular formula is C13H21FO7. The van der Waals surface area contributed by atoms with Gasteiger partial charge in [0.15, 0.2) is 6.17 Å². The van der Waals surface area contributed by atoms with Crippen LogP contribution in [0.2, 0.25) is 0 Å². The Hall–Kier alpha value is -0.640. The Morgan fingerprint density at radius 3 is 1.76 bits per heavy atom. The molecule has 0 bridgehead atoms. The van der Waals surface area contributed by atoms with Gasteiger partial charge in [-0.1, -0.05) is 0 Å². The van der Waals surface area contributed by atoms with Gasteiger partial charge >= 0.3 is 0 Å². The molecule has 7 atom stereocenters. The van der Waals surface area contributed by atoms with Crippen molar-refractivity contribution in [2.45, 2.75) is 62.1 Å². The van der Waals surface area contributed by atoms with Crippen LogP contribution < -0.4 is 0 Å². The number of Topliss-reactive ketones (excluding diaryl/α,β-unsaturated/α-hetero) is 1. The summed E-state index contributed by atoms with van der Waals surface area (Å²) in [5, 5.41) is 57.3. The van der Waals surface area contributed by atoms with Gasteiger partial charge in [0.05, 0.1) is 24.4 Å². The Labute approximate surface area is 120 Å². The molecule has 21 heavy (non-hydrogen) atoms. The number of rotatable bonds is 2. The van der Waals surface area contributed by atoms with Gasteiger partial charge in [-0.2, -0.15) is 0 Å². The number of carbonyl (C=O) groups excluding carboxylic acids is 1. The van der Waals surface area contributed by atoms with Gasteiger partial charge in [-0.15, -0.1) is 0 Å². The molecule has 122 valence electrons. The van der Waals surface area contributed by atoms with Crippen LogP contribution in [0.15, 0.2) is 0 Å². The standard InChI is InChI=1S/C13H21FO7/c14-9-11(19)5(3-8(17)13(9)21)10(18)4-1-6(15)12(20)7(16)2-4/h4-9,11-13,15-17,19-21H,1-3H2. The Kier molecular flexibility index (Phi) is 4.96. The lowest BCUT2D eigenvalue weighted by molar-refractivity contribution is -0.161. The van der Waals surface area contributed by atoms with E-state index in [-0.39, 0.29) is 19.3 Å². The Balaban J connectivity index is 2.09. The highest BCUT2D eigenvalue weighted by Crippen LogP contribution is 2.34. The summed E-state index contributed by atoms with van der Waals surface area (Å²) < 4.78 is 13.7. The van der Waals surface area contributed by atoms with Gasteiger partial charge < -0.3 is 30.6 Å². The maximum Gasteiger partial charge on any atom is 0.155 e. The zero-order valence-corrected chi connectivity index (χ0v) is 11.3. The summed E-state index contributed by atoms with van der Waals surface area (Å²) in [5.41, 5.74) is 0. The van der Waals surface area contributed by atoms with Crippen LogP contribution in [-0.4, -0.2) is 79.2 Å². The number of ketones is 1. The van der Waals surface area contributed by atoms with Gasteiger partial charge in [-0.05, 0) is 19.3 Å². The first kappa shape index (κ1) is 16.7. The van der Waals surface area contributed by atoms with Crippen LogP contribution in [0.5, 0.6) is 0 Å². The molecule has 2 aliphatic carbocycles. The van der Waals surface area contributed by atoms with Crippen molar-refractivity contribution >= 4 is 5.78 Å². The van der Waals surface area contributed by atoms with E-state index in [9.17, 15) is 39.8 Å². The molecule has 2 aliphatic rings. The van der Waals surface area contributed by atoms with E-state index < -0.39 is 60.4 Å². The quantitative estimate of drug-likeness (QED) is 0.331. The van der Waals surface area contributed by atoms with Crippen LogP contribution in [0.4, 0.5) is 4.39 Å². The smallest absolute Gasteiger partial charge is 0.155 e. The fourth-order valence-electron chi connectivity index (χ4n) is 3.21. The molecule has 7 unspecified atom stereocenters. The van der Waals surface area contributed by atoms with E-state index in [4.69, 9.17) is 0 Å². The number of alkyl halides is 1. The normalized spacial score (nSPS) is 51.7. The number of hydrogen-bond donors (Lipinski definition) is 6. The molecule has 2 fully saturated rings. The maximum absolute atomic E-state index is 13.7. The van der Waals surface area contributed by atoms with E-state index in [1.807, 2.05) is 0 Å². The van der Waals surface area contributed by atoms with Crippen LogP contribution in [0.1, 0.15) is 19.3 Å². The van der Waals surface area contributed by atoms with Gasteiger partial charge in [0.25, 0.3) is 0 Å². The van der Waals surface area contributed by atoms with Crippen molar-refractivity contribution in [3.05, 3.63) is 0 Å². The second-order valence-electron chi connectivity index (χ2n) is 6.03. The lowest BCUT2D eigenvalue weighted by Crippen LogP contribution is -2.55. The molecule has 0 aliphatic heterocycles. The lowest BCUT2D eigenvalue weighted by atomic mass is 9.71. The third-order valence-electron chi connectivity index (χ3n) is 4.56. The minimum atomic E-state index is -2.13. The predicted octanol–water partition coefficient (Wildman–Crippen LogP) is -2.51. The zero-order valence-electron chi connectivity index (χ0n) is 11.3. The maximum atomic E-state index is 13.7. The number of halogens is 1. The molecule has 2 rings (SSSR count). The van der Waals surface area contributed by atoms with Gasteiger partial charge in [-0.3, -0.25) is 4.79 Å². The molecular weight excluding hydrogens is 287 g/mol. The van der Waals surface area contributed by atoms with Gasteiger partial charge in [0.1, 0.15) is 18.0 Å². The summed E-state index contributed by atoms with van der Waals surface area (Å²) in [7, 11) is 0. The average molecular weight is 308 g/mol. The summed E-state index contributed by atoms with van der Waals surface area (Å²) in [6.07, 6.45) is -11.5. The topological polar surface area (TPSA) is 138 Å². The Bertz CT molecular complexity index is 381. The van der Waals surface area contributed by atoms with Crippen molar-refractivity contribution < 1.29 is 39.8 Å². The van der Waals surface area contributed by atoms with E-state index in [0.29, 0.717) is 0 Å². The number of hydrogen-bond acceptors (Lipinski definition) is 7. The molecule has 6 N–H and O–H groups in total. The van der Waals surface area contributed by atoms with E-state index in [2.05, 4.69) is 0 Å². The van der Waals surface area contributed by atoms with E-state index in [1.165, 1.54) is 0 Å². The molecule has 0 saturated heterocycles. The molecule has 0 amide bonds. The van der Waals surface area contributed by atoms with E-state index >= 15 is 0 Å². The van der Waals surface area contributed by atoms with E-state index in [1.54, 1.807) is 0 Å². The van der Waals surface area contributed by atoms with Crippen molar-refractivity contribution in [2.24, 2.45) is 11.8 Å².